The van der Waals surface area contributed by atoms with E-state index >= 15 is 0 Å². The first-order valence-corrected chi connectivity index (χ1v) is 6.42. The smallest absolute Gasteiger partial charge is 0.225 e. The minimum Gasteiger partial charge on any atom is -0.375 e. The highest BCUT2D eigenvalue weighted by molar-refractivity contribution is 5.79. The van der Waals surface area contributed by atoms with Gasteiger partial charge in [0.05, 0.1) is 12.7 Å². The van der Waals surface area contributed by atoms with Crippen LogP contribution in [0.1, 0.15) is 26.2 Å². The molecular formula is C12H22N2O2. The molecule has 2 rings (SSSR count). The van der Waals surface area contributed by atoms with Crippen LogP contribution in [0.5, 0.6) is 0 Å². The zero-order valence-electron chi connectivity index (χ0n) is 10.1. The van der Waals surface area contributed by atoms with Crippen molar-refractivity contribution in [1.82, 2.24) is 10.2 Å². The fourth-order valence-electron chi connectivity index (χ4n) is 2.49. The molecule has 0 radical (unpaired) electrons. The second-order valence-corrected chi connectivity index (χ2v) is 4.71. The predicted molar refractivity (Wildman–Crippen MR) is 62.2 cm³/mol. The van der Waals surface area contributed by atoms with E-state index in [1.807, 2.05) is 4.90 Å². The summed E-state index contributed by atoms with van der Waals surface area (Å²) in [6.45, 7) is 6.35. The Bertz CT molecular complexity index is 239. The number of hydrogen-bond acceptors (Lipinski definition) is 3. The van der Waals surface area contributed by atoms with E-state index in [0.29, 0.717) is 12.5 Å². The van der Waals surface area contributed by atoms with E-state index in [1.54, 1.807) is 0 Å². The average Bonchev–Trinajstić information content (AvgIpc) is 2.39. The lowest BCUT2D eigenvalue weighted by atomic mass is 9.96. The Balaban J connectivity index is 1.87. The molecule has 0 aliphatic carbocycles. The average molecular weight is 226 g/mol. The lowest BCUT2D eigenvalue weighted by Gasteiger charge is -2.35. The van der Waals surface area contributed by atoms with Gasteiger partial charge in [-0.05, 0) is 32.4 Å². The number of nitrogens with zero attached hydrogens (tertiary/aromatic N) is 1. The topological polar surface area (TPSA) is 41.6 Å². The van der Waals surface area contributed by atoms with Gasteiger partial charge in [-0.2, -0.15) is 0 Å². The fraction of sp³-hybridized carbons (Fsp3) is 0.917. The first-order chi connectivity index (χ1) is 7.81. The van der Waals surface area contributed by atoms with Gasteiger partial charge in [0.2, 0.25) is 5.91 Å². The van der Waals surface area contributed by atoms with Gasteiger partial charge in [0.25, 0.3) is 0 Å². The number of ether oxygens (including phenoxy) is 1. The van der Waals surface area contributed by atoms with E-state index in [-0.39, 0.29) is 12.0 Å². The molecule has 1 unspecified atom stereocenters. The van der Waals surface area contributed by atoms with Crippen molar-refractivity contribution in [3.63, 3.8) is 0 Å². The van der Waals surface area contributed by atoms with Crippen LogP contribution in [0.15, 0.2) is 0 Å². The molecular weight excluding hydrogens is 204 g/mol. The molecule has 0 saturated carbocycles. The zero-order chi connectivity index (χ0) is 11.4. The van der Waals surface area contributed by atoms with Crippen LogP contribution in [0.25, 0.3) is 0 Å². The standard InChI is InChI=1S/C12H22N2O2/c1-2-11-9-14(7-8-16-11)12(15)10-3-5-13-6-4-10/h10-11,13H,2-9H2,1H3. The van der Waals surface area contributed by atoms with E-state index in [0.717, 1.165) is 45.4 Å². The quantitative estimate of drug-likeness (QED) is 0.750. The molecule has 2 aliphatic heterocycles. The first kappa shape index (κ1) is 11.9. The van der Waals surface area contributed by atoms with Crippen molar-refractivity contribution >= 4 is 5.91 Å². The summed E-state index contributed by atoms with van der Waals surface area (Å²) in [5.74, 6) is 0.597. The fourth-order valence-corrected chi connectivity index (χ4v) is 2.49. The molecule has 16 heavy (non-hydrogen) atoms. The minimum absolute atomic E-state index is 0.247. The molecule has 0 aromatic rings. The molecule has 2 heterocycles. The molecule has 0 bridgehead atoms. The van der Waals surface area contributed by atoms with Gasteiger partial charge in [-0.15, -0.1) is 0 Å². The number of rotatable bonds is 2. The van der Waals surface area contributed by atoms with Crippen LogP contribution in [0, 0.1) is 5.92 Å². The molecule has 0 aromatic heterocycles. The summed E-state index contributed by atoms with van der Waals surface area (Å²) < 4.78 is 5.59. The van der Waals surface area contributed by atoms with Crippen molar-refractivity contribution in [2.75, 3.05) is 32.8 Å². The number of nitrogens with one attached hydrogen (secondary N) is 1. The van der Waals surface area contributed by atoms with Crippen LogP contribution in [0.3, 0.4) is 0 Å². The number of piperidine rings is 1. The van der Waals surface area contributed by atoms with Crippen molar-refractivity contribution < 1.29 is 9.53 Å². The third-order valence-corrected chi connectivity index (χ3v) is 3.59. The van der Waals surface area contributed by atoms with Crippen molar-refractivity contribution in [3.8, 4) is 0 Å². The Morgan fingerprint density at radius 1 is 1.44 bits per heavy atom. The van der Waals surface area contributed by atoms with Crippen LogP contribution in [0.2, 0.25) is 0 Å². The number of carbonyl (C=O) groups is 1. The molecule has 4 heteroatoms. The maximum atomic E-state index is 12.3. The number of morpholine rings is 1. The summed E-state index contributed by atoms with van der Waals surface area (Å²) >= 11 is 0. The molecule has 4 nitrogen and oxygen atoms in total. The molecule has 2 aliphatic rings. The number of amides is 1. The molecule has 0 aromatic carbocycles. The van der Waals surface area contributed by atoms with Crippen molar-refractivity contribution in [2.45, 2.75) is 32.3 Å². The van der Waals surface area contributed by atoms with Gasteiger partial charge in [-0.1, -0.05) is 6.92 Å². The van der Waals surface area contributed by atoms with Crippen LogP contribution >= 0.6 is 0 Å². The molecule has 2 fully saturated rings. The van der Waals surface area contributed by atoms with Gasteiger partial charge < -0.3 is 15.0 Å². The SMILES string of the molecule is CCC1CN(C(=O)C2CCNCC2)CCO1. The molecule has 2 saturated heterocycles. The third kappa shape index (κ3) is 2.74. The van der Waals surface area contributed by atoms with Crippen molar-refractivity contribution in [3.05, 3.63) is 0 Å². The summed E-state index contributed by atoms with van der Waals surface area (Å²) in [5.41, 5.74) is 0. The largest absolute Gasteiger partial charge is 0.375 e. The monoisotopic (exact) mass is 226 g/mol. The minimum atomic E-state index is 0.247. The Hall–Kier alpha value is -0.610. The summed E-state index contributed by atoms with van der Waals surface area (Å²) in [6, 6.07) is 0. The van der Waals surface area contributed by atoms with Gasteiger partial charge in [0.15, 0.2) is 0 Å². The Labute approximate surface area is 97.3 Å². The predicted octanol–water partition coefficient (Wildman–Crippen LogP) is 0.623. The first-order valence-electron chi connectivity index (χ1n) is 6.42. The van der Waals surface area contributed by atoms with E-state index < -0.39 is 0 Å². The molecule has 1 atom stereocenters. The van der Waals surface area contributed by atoms with E-state index in [4.69, 9.17) is 4.74 Å². The molecule has 92 valence electrons. The number of hydrogen-bond donors (Lipinski definition) is 1. The Kier molecular flexibility index (Phi) is 4.18. The second kappa shape index (κ2) is 5.64. The summed E-state index contributed by atoms with van der Waals surface area (Å²) in [7, 11) is 0. The maximum Gasteiger partial charge on any atom is 0.225 e. The van der Waals surface area contributed by atoms with Crippen molar-refractivity contribution in [1.29, 1.82) is 0 Å². The molecule has 1 amide bonds. The van der Waals surface area contributed by atoms with E-state index in [1.165, 1.54) is 0 Å². The zero-order valence-corrected chi connectivity index (χ0v) is 10.1. The lowest BCUT2D eigenvalue weighted by molar-refractivity contribution is -0.144. The summed E-state index contributed by atoms with van der Waals surface area (Å²) in [4.78, 5) is 14.3. The molecule has 0 spiro atoms. The highest BCUT2D eigenvalue weighted by atomic mass is 16.5. The summed E-state index contributed by atoms with van der Waals surface area (Å²) in [6.07, 6.45) is 3.23. The normalized spacial score (nSPS) is 28.1. The highest BCUT2D eigenvalue weighted by Gasteiger charge is 2.29. The summed E-state index contributed by atoms with van der Waals surface area (Å²) in [5, 5.41) is 3.30. The van der Waals surface area contributed by atoms with Gasteiger partial charge in [-0.3, -0.25) is 4.79 Å². The van der Waals surface area contributed by atoms with Gasteiger partial charge in [0, 0.05) is 19.0 Å². The third-order valence-electron chi connectivity index (χ3n) is 3.59. The maximum absolute atomic E-state index is 12.3. The van der Waals surface area contributed by atoms with Crippen molar-refractivity contribution in [2.24, 2.45) is 5.92 Å². The second-order valence-electron chi connectivity index (χ2n) is 4.71. The van der Waals surface area contributed by atoms with Gasteiger partial charge >= 0.3 is 0 Å². The van der Waals surface area contributed by atoms with Crippen LogP contribution in [-0.2, 0) is 9.53 Å². The van der Waals surface area contributed by atoms with Gasteiger partial charge in [-0.25, -0.2) is 0 Å². The molecule has 1 N–H and O–H groups in total. The van der Waals surface area contributed by atoms with Crippen LogP contribution in [0.4, 0.5) is 0 Å². The van der Waals surface area contributed by atoms with E-state index in [2.05, 4.69) is 12.2 Å². The Morgan fingerprint density at radius 2 is 2.19 bits per heavy atom. The van der Waals surface area contributed by atoms with Gasteiger partial charge in [0.1, 0.15) is 0 Å². The Morgan fingerprint density at radius 3 is 2.88 bits per heavy atom. The van der Waals surface area contributed by atoms with E-state index in [9.17, 15) is 4.79 Å². The van der Waals surface area contributed by atoms with Crippen LogP contribution in [-0.4, -0.2) is 49.7 Å². The highest BCUT2D eigenvalue weighted by Crippen LogP contribution is 2.18. The van der Waals surface area contributed by atoms with Crippen LogP contribution < -0.4 is 5.32 Å². The lowest BCUT2D eigenvalue weighted by Crippen LogP contribution is -2.49. The number of carbonyl (C=O) groups excluding carboxylic acids is 1.